The third kappa shape index (κ3) is 5.94. The van der Waals surface area contributed by atoms with E-state index in [-0.39, 0.29) is 24.0 Å². The first-order chi connectivity index (χ1) is 11.1. The molecule has 1 fully saturated rings. The quantitative estimate of drug-likeness (QED) is 0.720. The van der Waals surface area contributed by atoms with Crippen LogP contribution < -0.4 is 16.0 Å². The van der Waals surface area contributed by atoms with Crippen LogP contribution in [0.15, 0.2) is 22.8 Å². The maximum absolute atomic E-state index is 12.0. The molecule has 0 bridgehead atoms. The number of piperidine rings is 1. The number of amides is 3. The molecule has 0 radical (unpaired) electrons. The van der Waals surface area contributed by atoms with Crippen LogP contribution in [0.3, 0.4) is 0 Å². The summed E-state index contributed by atoms with van der Waals surface area (Å²) < 4.78 is 5.28. The molecule has 128 valence electrons. The van der Waals surface area contributed by atoms with Crippen LogP contribution in [-0.4, -0.2) is 55.6 Å². The first-order valence-corrected chi connectivity index (χ1v) is 8.09. The standard InChI is InChI=1S/C16H26N4O3/c1-12(10-14-4-3-9-23-14)18-16(22)19-13-5-7-20(8-6-13)11-15(21)17-2/h3-4,9,12-13H,5-8,10-11H2,1-2H3,(H,17,21)(H2,18,19,22)/t12-/m1/s1. The first kappa shape index (κ1) is 17.3. The number of nitrogens with zero attached hydrogens (tertiary/aromatic N) is 1. The largest absolute Gasteiger partial charge is 0.469 e. The molecule has 2 heterocycles. The Morgan fingerprint density at radius 3 is 2.74 bits per heavy atom. The minimum absolute atomic E-state index is 0.00879. The second-order valence-electron chi connectivity index (χ2n) is 6.03. The van der Waals surface area contributed by atoms with Crippen molar-refractivity contribution in [2.75, 3.05) is 26.7 Å². The van der Waals surface area contributed by atoms with Crippen molar-refractivity contribution in [3.8, 4) is 0 Å². The topological polar surface area (TPSA) is 86.6 Å². The zero-order valence-corrected chi connectivity index (χ0v) is 13.8. The number of hydrogen-bond acceptors (Lipinski definition) is 4. The summed E-state index contributed by atoms with van der Waals surface area (Å²) in [6.07, 6.45) is 4.02. The van der Waals surface area contributed by atoms with Crippen LogP contribution in [0, 0.1) is 0 Å². The Morgan fingerprint density at radius 2 is 2.13 bits per heavy atom. The molecule has 7 heteroatoms. The number of carbonyl (C=O) groups excluding carboxylic acids is 2. The van der Waals surface area contributed by atoms with E-state index in [0.717, 1.165) is 31.7 Å². The maximum Gasteiger partial charge on any atom is 0.315 e. The molecule has 1 atom stereocenters. The molecule has 1 aromatic heterocycles. The van der Waals surface area contributed by atoms with Crippen LogP contribution in [0.25, 0.3) is 0 Å². The van der Waals surface area contributed by atoms with E-state index in [4.69, 9.17) is 4.42 Å². The fraction of sp³-hybridized carbons (Fsp3) is 0.625. The fourth-order valence-electron chi connectivity index (χ4n) is 2.75. The van der Waals surface area contributed by atoms with E-state index >= 15 is 0 Å². The average Bonchev–Trinajstić information content (AvgIpc) is 3.01. The Morgan fingerprint density at radius 1 is 1.39 bits per heavy atom. The number of nitrogens with one attached hydrogen (secondary N) is 3. The molecule has 0 aliphatic carbocycles. The zero-order valence-electron chi connectivity index (χ0n) is 13.8. The number of hydrogen-bond donors (Lipinski definition) is 3. The van der Waals surface area contributed by atoms with Gasteiger partial charge in [0, 0.05) is 38.6 Å². The second-order valence-corrected chi connectivity index (χ2v) is 6.03. The van der Waals surface area contributed by atoms with Gasteiger partial charge in [0.05, 0.1) is 12.8 Å². The monoisotopic (exact) mass is 322 g/mol. The fourth-order valence-corrected chi connectivity index (χ4v) is 2.75. The van der Waals surface area contributed by atoms with E-state index in [1.807, 2.05) is 19.1 Å². The molecule has 1 aliphatic rings. The van der Waals surface area contributed by atoms with Crippen molar-refractivity contribution < 1.29 is 14.0 Å². The Kier molecular flexibility index (Phi) is 6.46. The van der Waals surface area contributed by atoms with Gasteiger partial charge in [0.15, 0.2) is 0 Å². The number of likely N-dealkylation sites (tertiary alicyclic amines) is 1. The summed E-state index contributed by atoms with van der Waals surface area (Å²) in [4.78, 5) is 25.5. The van der Waals surface area contributed by atoms with Crippen molar-refractivity contribution in [1.29, 1.82) is 0 Å². The first-order valence-electron chi connectivity index (χ1n) is 8.09. The normalized spacial score (nSPS) is 17.5. The van der Waals surface area contributed by atoms with Crippen LogP contribution in [0.2, 0.25) is 0 Å². The number of carbonyl (C=O) groups is 2. The van der Waals surface area contributed by atoms with E-state index in [2.05, 4.69) is 20.9 Å². The van der Waals surface area contributed by atoms with E-state index in [1.54, 1.807) is 13.3 Å². The van der Waals surface area contributed by atoms with Crippen molar-refractivity contribution in [2.24, 2.45) is 0 Å². The van der Waals surface area contributed by atoms with Gasteiger partial charge in [-0.1, -0.05) is 0 Å². The molecule has 2 rings (SSSR count). The summed E-state index contributed by atoms with van der Waals surface area (Å²) in [6, 6.07) is 3.77. The summed E-state index contributed by atoms with van der Waals surface area (Å²) >= 11 is 0. The molecule has 1 saturated heterocycles. The lowest BCUT2D eigenvalue weighted by molar-refractivity contribution is -0.122. The molecule has 1 aliphatic heterocycles. The lowest BCUT2D eigenvalue weighted by Crippen LogP contribution is -2.50. The lowest BCUT2D eigenvalue weighted by atomic mass is 10.1. The van der Waals surface area contributed by atoms with E-state index < -0.39 is 0 Å². The molecule has 23 heavy (non-hydrogen) atoms. The van der Waals surface area contributed by atoms with Gasteiger partial charge in [0.25, 0.3) is 0 Å². The third-order valence-corrected chi connectivity index (χ3v) is 4.03. The van der Waals surface area contributed by atoms with Crippen LogP contribution >= 0.6 is 0 Å². The highest BCUT2D eigenvalue weighted by atomic mass is 16.3. The minimum atomic E-state index is -0.145. The Hall–Kier alpha value is -2.02. The third-order valence-electron chi connectivity index (χ3n) is 4.03. The van der Waals surface area contributed by atoms with E-state index in [9.17, 15) is 9.59 Å². The molecule has 0 unspecified atom stereocenters. The van der Waals surface area contributed by atoms with Crippen molar-refractivity contribution in [2.45, 2.75) is 38.3 Å². The van der Waals surface area contributed by atoms with Gasteiger partial charge in [-0.3, -0.25) is 9.69 Å². The molecule has 0 aromatic carbocycles. The van der Waals surface area contributed by atoms with Crippen molar-refractivity contribution in [3.63, 3.8) is 0 Å². The predicted octanol–water partition coefficient (Wildman–Crippen LogP) is 0.720. The van der Waals surface area contributed by atoms with E-state index in [0.29, 0.717) is 13.0 Å². The van der Waals surface area contributed by atoms with E-state index in [1.165, 1.54) is 0 Å². The van der Waals surface area contributed by atoms with Crippen LogP contribution in [0.4, 0.5) is 4.79 Å². The Labute approximate surface area is 136 Å². The predicted molar refractivity (Wildman–Crippen MR) is 87.1 cm³/mol. The summed E-state index contributed by atoms with van der Waals surface area (Å²) in [5.41, 5.74) is 0. The smallest absolute Gasteiger partial charge is 0.315 e. The Bertz CT molecular complexity index is 495. The maximum atomic E-state index is 12.0. The van der Waals surface area contributed by atoms with Crippen molar-refractivity contribution in [3.05, 3.63) is 24.2 Å². The summed E-state index contributed by atoms with van der Waals surface area (Å²) in [7, 11) is 1.64. The van der Waals surface area contributed by atoms with Gasteiger partial charge < -0.3 is 20.4 Å². The SMILES string of the molecule is CNC(=O)CN1CCC(NC(=O)N[C@H](C)Cc2ccco2)CC1. The molecule has 0 spiro atoms. The molecular formula is C16H26N4O3. The zero-order chi connectivity index (χ0) is 16.7. The summed E-state index contributed by atoms with van der Waals surface area (Å²) in [5, 5.41) is 8.57. The summed E-state index contributed by atoms with van der Waals surface area (Å²) in [5.74, 6) is 0.890. The van der Waals surface area contributed by atoms with Gasteiger partial charge >= 0.3 is 6.03 Å². The van der Waals surface area contributed by atoms with Gasteiger partial charge in [0.2, 0.25) is 5.91 Å². The van der Waals surface area contributed by atoms with Crippen LogP contribution in [0.5, 0.6) is 0 Å². The van der Waals surface area contributed by atoms with Gasteiger partial charge in [-0.2, -0.15) is 0 Å². The van der Waals surface area contributed by atoms with Crippen molar-refractivity contribution >= 4 is 11.9 Å². The number of rotatable bonds is 6. The molecule has 0 saturated carbocycles. The van der Waals surface area contributed by atoms with Gasteiger partial charge in [-0.15, -0.1) is 0 Å². The van der Waals surface area contributed by atoms with Gasteiger partial charge in [-0.05, 0) is 31.9 Å². The van der Waals surface area contributed by atoms with Crippen molar-refractivity contribution in [1.82, 2.24) is 20.9 Å². The second kappa shape index (κ2) is 8.57. The van der Waals surface area contributed by atoms with Gasteiger partial charge in [-0.25, -0.2) is 4.79 Å². The van der Waals surface area contributed by atoms with Crippen LogP contribution in [0.1, 0.15) is 25.5 Å². The highest BCUT2D eigenvalue weighted by Crippen LogP contribution is 2.10. The molecule has 1 aromatic rings. The number of urea groups is 1. The van der Waals surface area contributed by atoms with Crippen LogP contribution in [-0.2, 0) is 11.2 Å². The lowest BCUT2D eigenvalue weighted by Gasteiger charge is -2.32. The highest BCUT2D eigenvalue weighted by molar-refractivity contribution is 5.77. The molecular weight excluding hydrogens is 296 g/mol. The number of furan rings is 1. The molecule has 3 N–H and O–H groups in total. The minimum Gasteiger partial charge on any atom is -0.469 e. The number of likely N-dealkylation sites (N-methyl/N-ethyl adjacent to an activating group) is 1. The summed E-state index contributed by atoms with van der Waals surface area (Å²) in [6.45, 7) is 4.02. The Balaban J connectivity index is 1.65. The van der Waals surface area contributed by atoms with Gasteiger partial charge in [0.1, 0.15) is 5.76 Å². The average molecular weight is 322 g/mol. The molecule has 7 nitrogen and oxygen atoms in total. The molecule has 3 amide bonds. The highest BCUT2D eigenvalue weighted by Gasteiger charge is 2.22.